The summed E-state index contributed by atoms with van der Waals surface area (Å²) in [4.78, 5) is 10.7. The maximum absolute atomic E-state index is 13.7. The standard InChI is InChI=1S/C22H24O6S2/c1-3-16-22(17-10-11-18-28-19(2)23,29(24,25)20-12-6-4-7-13-20)30(26,27)21-14-8-5-9-15-21/h3-15H,1,16-18H2,2H3/b11-10+. The second-order valence-electron chi connectivity index (χ2n) is 6.51. The number of hydrogen-bond donors (Lipinski definition) is 0. The molecule has 0 amide bonds. The van der Waals surface area contributed by atoms with Crippen molar-refractivity contribution < 1.29 is 26.4 Å². The summed E-state index contributed by atoms with van der Waals surface area (Å²) in [6.45, 7) is 4.76. The highest BCUT2D eigenvalue weighted by atomic mass is 32.3. The zero-order valence-corrected chi connectivity index (χ0v) is 18.2. The van der Waals surface area contributed by atoms with E-state index in [0.29, 0.717) is 0 Å². The average Bonchev–Trinajstić information content (AvgIpc) is 2.73. The molecule has 0 saturated heterocycles. The number of allylic oxidation sites excluding steroid dienone is 2. The van der Waals surface area contributed by atoms with Crippen LogP contribution in [0.15, 0.2) is 95.3 Å². The number of sulfone groups is 2. The molecule has 0 unspecified atom stereocenters. The van der Waals surface area contributed by atoms with E-state index in [1.54, 1.807) is 12.1 Å². The average molecular weight is 449 g/mol. The summed E-state index contributed by atoms with van der Waals surface area (Å²) in [6.07, 6.45) is 3.47. The molecule has 160 valence electrons. The molecule has 30 heavy (non-hydrogen) atoms. The molecule has 0 saturated carbocycles. The number of rotatable bonds is 10. The Morgan fingerprint density at radius 3 is 1.73 bits per heavy atom. The Balaban J connectivity index is 2.68. The summed E-state index contributed by atoms with van der Waals surface area (Å²) in [6, 6.07) is 14.9. The minimum Gasteiger partial charge on any atom is -0.462 e. The lowest BCUT2D eigenvalue weighted by Gasteiger charge is -2.31. The zero-order chi connectivity index (χ0) is 22.3. The van der Waals surface area contributed by atoms with Gasteiger partial charge in [0.05, 0.1) is 9.79 Å². The number of ether oxygens (including phenoxy) is 1. The van der Waals surface area contributed by atoms with Gasteiger partial charge in [-0.3, -0.25) is 4.79 Å². The molecule has 0 fully saturated rings. The van der Waals surface area contributed by atoms with Crippen LogP contribution in [0.2, 0.25) is 0 Å². The van der Waals surface area contributed by atoms with Crippen molar-refractivity contribution in [2.45, 2.75) is 33.6 Å². The molecule has 2 aromatic carbocycles. The molecular formula is C22H24O6S2. The second kappa shape index (κ2) is 9.86. The van der Waals surface area contributed by atoms with E-state index in [1.807, 2.05) is 0 Å². The summed E-state index contributed by atoms with van der Waals surface area (Å²) in [5.74, 6) is -0.495. The van der Waals surface area contributed by atoms with Crippen LogP contribution in [0.4, 0.5) is 0 Å². The van der Waals surface area contributed by atoms with Crippen molar-refractivity contribution >= 4 is 25.6 Å². The van der Waals surface area contributed by atoms with Gasteiger partial charge in [0.15, 0.2) is 23.8 Å². The van der Waals surface area contributed by atoms with Crippen LogP contribution in [0.1, 0.15) is 19.8 Å². The van der Waals surface area contributed by atoms with Crippen LogP contribution in [-0.2, 0) is 29.2 Å². The Hall–Kier alpha value is -2.71. The molecule has 2 rings (SSSR count). The van der Waals surface area contributed by atoms with Gasteiger partial charge in [-0.2, -0.15) is 0 Å². The number of esters is 1. The van der Waals surface area contributed by atoms with Crippen LogP contribution in [0.25, 0.3) is 0 Å². The van der Waals surface area contributed by atoms with Gasteiger partial charge in [-0.1, -0.05) is 54.6 Å². The molecule has 0 atom stereocenters. The third kappa shape index (κ3) is 4.71. The van der Waals surface area contributed by atoms with Crippen molar-refractivity contribution in [2.75, 3.05) is 6.61 Å². The van der Waals surface area contributed by atoms with Crippen LogP contribution in [0.3, 0.4) is 0 Å². The van der Waals surface area contributed by atoms with Gasteiger partial charge in [0, 0.05) is 13.3 Å². The van der Waals surface area contributed by atoms with Gasteiger partial charge in [-0.25, -0.2) is 16.8 Å². The SMILES string of the molecule is C=CCC(C/C=C/COC(C)=O)(S(=O)(=O)c1ccccc1)S(=O)(=O)c1ccccc1. The molecule has 6 nitrogen and oxygen atoms in total. The van der Waals surface area contributed by atoms with E-state index in [0.717, 1.165) is 0 Å². The van der Waals surface area contributed by atoms with Gasteiger partial charge < -0.3 is 4.74 Å². The lowest BCUT2D eigenvalue weighted by Crippen LogP contribution is -2.45. The molecule has 0 bridgehead atoms. The Labute approximate surface area is 177 Å². The van der Waals surface area contributed by atoms with Gasteiger partial charge in [0.2, 0.25) is 0 Å². The highest BCUT2D eigenvalue weighted by Gasteiger charge is 2.54. The van der Waals surface area contributed by atoms with Crippen molar-refractivity contribution in [1.29, 1.82) is 0 Å². The van der Waals surface area contributed by atoms with E-state index in [-0.39, 0.29) is 29.2 Å². The first-order valence-corrected chi connectivity index (χ1v) is 12.1. The molecular weight excluding hydrogens is 424 g/mol. The summed E-state index contributed by atoms with van der Waals surface area (Å²) >= 11 is 0. The summed E-state index contributed by atoms with van der Waals surface area (Å²) in [7, 11) is -8.70. The molecule has 0 aliphatic rings. The largest absolute Gasteiger partial charge is 0.462 e. The van der Waals surface area contributed by atoms with Gasteiger partial charge >= 0.3 is 5.97 Å². The van der Waals surface area contributed by atoms with Gasteiger partial charge in [0.25, 0.3) is 0 Å². The molecule has 0 N–H and O–H groups in total. The maximum Gasteiger partial charge on any atom is 0.302 e. The number of hydrogen-bond acceptors (Lipinski definition) is 6. The Kier molecular flexibility index (Phi) is 7.75. The quantitative estimate of drug-likeness (QED) is 0.406. The van der Waals surface area contributed by atoms with Crippen LogP contribution in [0.5, 0.6) is 0 Å². The monoisotopic (exact) mass is 448 g/mol. The first kappa shape index (κ1) is 23.6. The van der Waals surface area contributed by atoms with Gasteiger partial charge in [-0.05, 0) is 30.7 Å². The lowest BCUT2D eigenvalue weighted by atomic mass is 10.2. The predicted molar refractivity (Wildman–Crippen MR) is 115 cm³/mol. The van der Waals surface area contributed by atoms with E-state index in [1.165, 1.54) is 73.7 Å². The Morgan fingerprint density at radius 2 is 1.33 bits per heavy atom. The third-order valence-corrected chi connectivity index (χ3v) is 10.2. The fourth-order valence-electron chi connectivity index (χ4n) is 3.01. The third-order valence-electron chi connectivity index (χ3n) is 4.52. The summed E-state index contributed by atoms with van der Waals surface area (Å²) in [5.41, 5.74) is 0. The normalized spacial score (nSPS) is 12.6. The van der Waals surface area contributed by atoms with Crippen molar-refractivity contribution in [3.05, 3.63) is 85.5 Å². The van der Waals surface area contributed by atoms with Crippen molar-refractivity contribution in [3.8, 4) is 0 Å². The molecule has 0 aromatic heterocycles. The van der Waals surface area contributed by atoms with E-state index in [2.05, 4.69) is 6.58 Å². The molecule has 0 heterocycles. The molecule has 0 aliphatic heterocycles. The highest BCUT2D eigenvalue weighted by Crippen LogP contribution is 2.41. The molecule has 8 heteroatoms. The Morgan fingerprint density at radius 1 is 0.867 bits per heavy atom. The fourth-order valence-corrected chi connectivity index (χ4v) is 7.94. The number of carbonyl (C=O) groups excluding carboxylic acids is 1. The molecule has 0 spiro atoms. The van der Waals surface area contributed by atoms with E-state index in [9.17, 15) is 21.6 Å². The van der Waals surface area contributed by atoms with Crippen molar-refractivity contribution in [2.24, 2.45) is 0 Å². The van der Waals surface area contributed by atoms with Crippen molar-refractivity contribution in [1.82, 2.24) is 0 Å². The topological polar surface area (TPSA) is 94.6 Å². The van der Waals surface area contributed by atoms with Gasteiger partial charge in [0.1, 0.15) is 6.61 Å². The zero-order valence-electron chi connectivity index (χ0n) is 16.6. The van der Waals surface area contributed by atoms with E-state index >= 15 is 0 Å². The van der Waals surface area contributed by atoms with Gasteiger partial charge in [-0.15, -0.1) is 6.58 Å². The smallest absolute Gasteiger partial charge is 0.302 e. The van der Waals surface area contributed by atoms with Crippen LogP contribution in [0, 0.1) is 0 Å². The molecule has 2 aromatic rings. The van der Waals surface area contributed by atoms with Crippen molar-refractivity contribution in [3.63, 3.8) is 0 Å². The summed E-state index contributed by atoms with van der Waals surface area (Å²) in [5, 5.41) is 0. The molecule has 0 aliphatic carbocycles. The number of benzene rings is 2. The van der Waals surface area contributed by atoms with E-state index < -0.39 is 29.7 Å². The number of carbonyl (C=O) groups is 1. The van der Waals surface area contributed by atoms with E-state index in [4.69, 9.17) is 4.74 Å². The maximum atomic E-state index is 13.7. The first-order chi connectivity index (χ1) is 14.2. The first-order valence-electron chi connectivity index (χ1n) is 9.17. The van der Waals surface area contributed by atoms with Crippen LogP contribution >= 0.6 is 0 Å². The summed E-state index contributed by atoms with van der Waals surface area (Å²) < 4.78 is 57.4. The highest BCUT2D eigenvalue weighted by molar-refractivity contribution is 8.10. The van der Waals surface area contributed by atoms with Crippen LogP contribution in [-0.4, -0.2) is 33.5 Å². The minimum absolute atomic E-state index is 0.0870. The second-order valence-corrected chi connectivity index (χ2v) is 11.3. The predicted octanol–water partition coefficient (Wildman–Crippen LogP) is 3.72. The fraction of sp³-hybridized carbons (Fsp3) is 0.227. The van der Waals surface area contributed by atoms with Crippen LogP contribution < -0.4 is 0 Å². The Bertz CT molecular complexity index is 1030. The minimum atomic E-state index is -4.35. The molecule has 0 radical (unpaired) electrons. The lowest BCUT2D eigenvalue weighted by molar-refractivity contribution is -0.139.